The number of hydrogen-bond donors (Lipinski definition) is 2. The van der Waals surface area contributed by atoms with Crippen LogP contribution in [0.3, 0.4) is 0 Å². The van der Waals surface area contributed by atoms with Gasteiger partial charge < -0.3 is 14.2 Å². The molecule has 0 fully saturated rings. The molecule has 10 nitrogen and oxygen atoms in total. The minimum absolute atomic E-state index is 0.217. The largest absolute Gasteiger partial charge is 0.573 e. The summed E-state index contributed by atoms with van der Waals surface area (Å²) in [6.45, 7) is 0. The highest BCUT2D eigenvalue weighted by Crippen LogP contribution is 2.31. The second-order valence-electron chi connectivity index (χ2n) is 7.50. The highest BCUT2D eigenvalue weighted by molar-refractivity contribution is 7.93. The van der Waals surface area contributed by atoms with Crippen LogP contribution in [0.5, 0.6) is 11.5 Å². The molecular formula is C22H16F6N2O8S2. The second kappa shape index (κ2) is 11.1. The van der Waals surface area contributed by atoms with E-state index in [0.717, 1.165) is 73.8 Å². The van der Waals surface area contributed by atoms with E-state index in [1.807, 2.05) is 9.44 Å². The van der Waals surface area contributed by atoms with Gasteiger partial charge in [-0.05, 0) is 66.7 Å². The first-order valence-electron chi connectivity index (χ1n) is 10.4. The summed E-state index contributed by atoms with van der Waals surface area (Å²) >= 11 is 0. The van der Waals surface area contributed by atoms with Gasteiger partial charge in [0, 0.05) is 0 Å². The van der Waals surface area contributed by atoms with Gasteiger partial charge in [-0.1, -0.05) is 0 Å². The van der Waals surface area contributed by atoms with Gasteiger partial charge in [-0.2, -0.15) is 0 Å². The highest BCUT2D eigenvalue weighted by atomic mass is 32.2. The number of benzene rings is 3. The van der Waals surface area contributed by atoms with Crippen LogP contribution in [0.1, 0.15) is 10.4 Å². The summed E-state index contributed by atoms with van der Waals surface area (Å²) in [6, 6.07) is 9.07. The zero-order chi connectivity index (χ0) is 29.9. The molecule has 0 amide bonds. The molecule has 0 bridgehead atoms. The van der Waals surface area contributed by atoms with Crippen molar-refractivity contribution < 1.29 is 62.2 Å². The van der Waals surface area contributed by atoms with Crippen LogP contribution >= 0.6 is 0 Å². The van der Waals surface area contributed by atoms with Crippen LogP contribution in [0.25, 0.3) is 0 Å². The van der Waals surface area contributed by atoms with Crippen molar-refractivity contribution in [1.82, 2.24) is 0 Å². The lowest BCUT2D eigenvalue weighted by atomic mass is 10.2. The summed E-state index contributed by atoms with van der Waals surface area (Å²) in [4.78, 5) is 10.9. The van der Waals surface area contributed by atoms with Crippen LogP contribution < -0.4 is 18.9 Å². The summed E-state index contributed by atoms with van der Waals surface area (Å²) in [5, 5.41) is 0. The molecule has 0 heterocycles. The summed E-state index contributed by atoms with van der Waals surface area (Å²) in [5.41, 5.74) is -1.14. The van der Waals surface area contributed by atoms with Gasteiger partial charge in [0.15, 0.2) is 0 Å². The Balaban J connectivity index is 1.94. The van der Waals surface area contributed by atoms with Crippen LogP contribution in [0.2, 0.25) is 0 Å². The normalized spacial score (nSPS) is 12.4. The molecule has 0 aliphatic carbocycles. The Morgan fingerprint density at radius 2 is 1.05 bits per heavy atom. The Kier molecular flexibility index (Phi) is 8.44. The molecule has 18 heteroatoms. The number of methoxy groups -OCH3 is 1. The SMILES string of the molecule is COC(=O)c1ccc(NS(=O)(=O)c2ccc(OC(F)(F)F)cc2)c(NS(=O)(=O)c2ccc(OC(F)(F)F)cc2)c1. The quantitative estimate of drug-likeness (QED) is 0.257. The number of anilines is 2. The fourth-order valence-corrected chi connectivity index (χ4v) is 5.16. The second-order valence-corrected chi connectivity index (χ2v) is 10.9. The lowest BCUT2D eigenvalue weighted by Crippen LogP contribution is -2.19. The molecule has 0 aliphatic heterocycles. The Morgan fingerprint density at radius 1 is 0.650 bits per heavy atom. The average molecular weight is 614 g/mol. The molecule has 0 saturated carbocycles. The third-order valence-electron chi connectivity index (χ3n) is 4.66. The number of ether oxygens (including phenoxy) is 3. The predicted octanol–water partition coefficient (Wildman–Crippen LogP) is 4.87. The Hall–Kier alpha value is -4.19. The van der Waals surface area contributed by atoms with E-state index in [2.05, 4.69) is 14.2 Å². The van der Waals surface area contributed by atoms with Crippen LogP contribution in [-0.2, 0) is 24.8 Å². The van der Waals surface area contributed by atoms with Crippen LogP contribution in [-0.4, -0.2) is 42.6 Å². The van der Waals surface area contributed by atoms with Crippen molar-refractivity contribution in [2.45, 2.75) is 22.5 Å². The third-order valence-corrected chi connectivity index (χ3v) is 7.43. The summed E-state index contributed by atoms with van der Waals surface area (Å²) in [7, 11) is -8.10. The molecule has 0 radical (unpaired) electrons. The number of nitrogens with one attached hydrogen (secondary N) is 2. The molecular weight excluding hydrogens is 598 g/mol. The first kappa shape index (κ1) is 30.4. The minimum Gasteiger partial charge on any atom is -0.465 e. The van der Waals surface area contributed by atoms with Crippen molar-refractivity contribution in [3.8, 4) is 11.5 Å². The van der Waals surface area contributed by atoms with E-state index in [0.29, 0.717) is 0 Å². The van der Waals surface area contributed by atoms with Gasteiger partial charge in [0.1, 0.15) is 11.5 Å². The molecule has 0 saturated heterocycles. The van der Waals surface area contributed by atoms with Gasteiger partial charge in [-0.15, -0.1) is 26.3 Å². The topological polar surface area (TPSA) is 137 Å². The molecule has 0 atom stereocenters. The molecule has 3 aromatic rings. The molecule has 216 valence electrons. The van der Waals surface area contributed by atoms with E-state index >= 15 is 0 Å². The zero-order valence-corrected chi connectivity index (χ0v) is 21.3. The Labute approximate surface area is 222 Å². The molecule has 2 N–H and O–H groups in total. The number of sulfonamides is 2. The number of alkyl halides is 6. The minimum atomic E-state index is -5.02. The summed E-state index contributed by atoms with van der Waals surface area (Å²) < 4.78 is 142. The molecule has 3 aromatic carbocycles. The van der Waals surface area contributed by atoms with E-state index in [9.17, 15) is 48.0 Å². The number of esters is 1. The highest BCUT2D eigenvalue weighted by Gasteiger charge is 2.32. The third kappa shape index (κ3) is 8.15. The maximum Gasteiger partial charge on any atom is 0.573 e. The number of halogens is 6. The van der Waals surface area contributed by atoms with Crippen molar-refractivity contribution in [3.63, 3.8) is 0 Å². The average Bonchev–Trinajstić information content (AvgIpc) is 2.83. The molecule has 40 heavy (non-hydrogen) atoms. The monoisotopic (exact) mass is 614 g/mol. The number of hydrogen-bond acceptors (Lipinski definition) is 8. The van der Waals surface area contributed by atoms with Gasteiger partial charge in [-0.3, -0.25) is 9.44 Å². The number of rotatable bonds is 9. The number of carbonyl (C=O) groups is 1. The van der Waals surface area contributed by atoms with Crippen molar-refractivity contribution >= 4 is 37.4 Å². The molecule has 3 rings (SSSR count). The summed E-state index contributed by atoms with van der Waals surface area (Å²) in [5.74, 6) is -2.34. The van der Waals surface area contributed by atoms with E-state index in [4.69, 9.17) is 0 Å². The zero-order valence-electron chi connectivity index (χ0n) is 19.7. The lowest BCUT2D eigenvalue weighted by Gasteiger charge is -2.16. The van der Waals surface area contributed by atoms with Crippen LogP contribution in [0, 0.1) is 0 Å². The van der Waals surface area contributed by atoms with Gasteiger partial charge in [-0.25, -0.2) is 21.6 Å². The lowest BCUT2D eigenvalue weighted by molar-refractivity contribution is -0.275. The van der Waals surface area contributed by atoms with Crippen molar-refractivity contribution in [2.24, 2.45) is 0 Å². The van der Waals surface area contributed by atoms with E-state index < -0.39 is 71.4 Å². The van der Waals surface area contributed by atoms with Gasteiger partial charge >= 0.3 is 18.7 Å². The van der Waals surface area contributed by atoms with Crippen molar-refractivity contribution in [1.29, 1.82) is 0 Å². The molecule has 0 aliphatic rings. The smallest absolute Gasteiger partial charge is 0.465 e. The van der Waals surface area contributed by atoms with Crippen molar-refractivity contribution in [3.05, 3.63) is 72.3 Å². The van der Waals surface area contributed by atoms with Gasteiger partial charge in [0.25, 0.3) is 20.0 Å². The molecule has 0 aromatic heterocycles. The van der Waals surface area contributed by atoms with Crippen LogP contribution in [0.15, 0.2) is 76.5 Å². The summed E-state index contributed by atoms with van der Waals surface area (Å²) in [6.07, 6.45) is -10.0. The predicted molar refractivity (Wildman–Crippen MR) is 126 cm³/mol. The van der Waals surface area contributed by atoms with Gasteiger partial charge in [0.05, 0.1) is 33.8 Å². The van der Waals surface area contributed by atoms with Crippen molar-refractivity contribution in [2.75, 3.05) is 16.6 Å². The van der Waals surface area contributed by atoms with E-state index in [1.54, 1.807) is 0 Å². The van der Waals surface area contributed by atoms with Gasteiger partial charge in [0.2, 0.25) is 0 Å². The van der Waals surface area contributed by atoms with Crippen LogP contribution in [0.4, 0.5) is 37.7 Å². The molecule has 0 spiro atoms. The van der Waals surface area contributed by atoms with E-state index in [-0.39, 0.29) is 5.56 Å². The first-order chi connectivity index (χ1) is 18.4. The maximum atomic E-state index is 12.9. The Bertz CT molecular complexity index is 1590. The fraction of sp³-hybridized carbons (Fsp3) is 0.136. The fourth-order valence-electron chi connectivity index (χ4n) is 3.01. The number of carbonyl (C=O) groups excluding carboxylic acids is 1. The Morgan fingerprint density at radius 3 is 1.43 bits per heavy atom. The standard InChI is InChI=1S/C22H16F6N2O8S2/c1-36-20(31)13-2-11-18(29-39(32,33)16-7-3-14(4-8-16)37-21(23,24)25)19(12-13)30-40(34,35)17-9-5-15(6-10-17)38-22(26,27)28/h2-12,29-30H,1H3. The first-order valence-corrected chi connectivity index (χ1v) is 13.3. The van der Waals surface area contributed by atoms with E-state index in [1.165, 1.54) is 0 Å². The molecule has 0 unspecified atom stereocenters. The maximum absolute atomic E-state index is 12.9.